The number of hydrogen-bond donors (Lipinski definition) is 1. The van der Waals surface area contributed by atoms with Crippen molar-refractivity contribution in [1.29, 1.82) is 0 Å². The van der Waals surface area contributed by atoms with Gasteiger partial charge in [-0.1, -0.05) is 19.3 Å². The van der Waals surface area contributed by atoms with Crippen LogP contribution in [0.2, 0.25) is 0 Å². The minimum Gasteiger partial charge on any atom is -0.310 e. The van der Waals surface area contributed by atoms with E-state index in [0.717, 1.165) is 45.3 Å². The zero-order valence-corrected chi connectivity index (χ0v) is 11.5. The third-order valence-corrected chi connectivity index (χ3v) is 6.31. The molecule has 17 heavy (non-hydrogen) atoms. The fraction of sp³-hybridized carbons (Fsp3) is 1.00. The van der Waals surface area contributed by atoms with Gasteiger partial charge in [0, 0.05) is 25.7 Å². The topological polar surface area (TPSA) is 49.4 Å². The standard InChI is InChI=1S/C12H24N2O2S/c1-14-8-7-13-11(9-14)10-17(15,16)12-5-3-2-4-6-12/h11-13H,2-10H2,1H3. The monoisotopic (exact) mass is 260 g/mol. The molecule has 1 saturated carbocycles. The maximum absolute atomic E-state index is 12.3. The molecule has 1 aliphatic carbocycles. The smallest absolute Gasteiger partial charge is 0.154 e. The Labute approximate surface area is 105 Å². The first kappa shape index (κ1) is 13.3. The molecule has 0 aromatic carbocycles. The van der Waals surface area contributed by atoms with Crippen molar-refractivity contribution in [2.24, 2.45) is 0 Å². The zero-order valence-electron chi connectivity index (χ0n) is 10.7. The first-order valence-corrected chi connectivity index (χ1v) is 8.43. The van der Waals surface area contributed by atoms with E-state index in [1.54, 1.807) is 0 Å². The van der Waals surface area contributed by atoms with E-state index >= 15 is 0 Å². The van der Waals surface area contributed by atoms with Gasteiger partial charge in [-0.2, -0.15) is 0 Å². The lowest BCUT2D eigenvalue weighted by atomic mass is 10.0. The molecule has 1 heterocycles. The molecule has 1 unspecified atom stereocenters. The van der Waals surface area contributed by atoms with E-state index in [-0.39, 0.29) is 11.3 Å². The quantitative estimate of drug-likeness (QED) is 0.809. The zero-order chi connectivity index (χ0) is 12.3. The van der Waals surface area contributed by atoms with Crippen molar-refractivity contribution in [1.82, 2.24) is 10.2 Å². The van der Waals surface area contributed by atoms with Crippen molar-refractivity contribution in [3.63, 3.8) is 0 Å². The van der Waals surface area contributed by atoms with Crippen LogP contribution in [0.15, 0.2) is 0 Å². The van der Waals surface area contributed by atoms with Crippen molar-refractivity contribution in [2.75, 3.05) is 32.4 Å². The van der Waals surface area contributed by atoms with Crippen LogP contribution >= 0.6 is 0 Å². The van der Waals surface area contributed by atoms with Crippen LogP contribution in [0.3, 0.4) is 0 Å². The van der Waals surface area contributed by atoms with Gasteiger partial charge < -0.3 is 10.2 Å². The predicted octanol–water partition coefficient (Wildman–Crippen LogP) is 0.638. The van der Waals surface area contributed by atoms with Gasteiger partial charge in [0.25, 0.3) is 0 Å². The van der Waals surface area contributed by atoms with Gasteiger partial charge in [-0.25, -0.2) is 8.42 Å². The van der Waals surface area contributed by atoms with E-state index in [2.05, 4.69) is 17.3 Å². The van der Waals surface area contributed by atoms with Crippen LogP contribution < -0.4 is 5.32 Å². The first-order valence-electron chi connectivity index (χ1n) is 6.71. The molecule has 0 radical (unpaired) electrons. The number of sulfone groups is 1. The summed E-state index contributed by atoms with van der Waals surface area (Å²) < 4.78 is 24.6. The van der Waals surface area contributed by atoms with E-state index in [4.69, 9.17) is 0 Å². The highest BCUT2D eigenvalue weighted by Crippen LogP contribution is 2.24. The minimum absolute atomic E-state index is 0.0646. The summed E-state index contributed by atoms with van der Waals surface area (Å²) in [5.41, 5.74) is 0. The highest BCUT2D eigenvalue weighted by Gasteiger charge is 2.30. The summed E-state index contributed by atoms with van der Waals surface area (Å²) in [5.74, 6) is 0.321. The normalized spacial score (nSPS) is 29.4. The molecule has 1 atom stereocenters. The van der Waals surface area contributed by atoms with Crippen molar-refractivity contribution >= 4 is 9.84 Å². The summed E-state index contributed by atoms with van der Waals surface area (Å²) in [6, 6.07) is 0.126. The molecule has 2 aliphatic rings. The lowest BCUT2D eigenvalue weighted by molar-refractivity contribution is 0.249. The fourth-order valence-corrected chi connectivity index (χ4v) is 5.05. The molecule has 0 aromatic rings. The molecule has 5 heteroatoms. The molecule has 2 fully saturated rings. The van der Waals surface area contributed by atoms with Crippen LogP contribution in [-0.4, -0.2) is 57.0 Å². The summed E-state index contributed by atoms with van der Waals surface area (Å²) in [7, 11) is -0.839. The average molecular weight is 260 g/mol. The van der Waals surface area contributed by atoms with Crippen LogP contribution in [0.5, 0.6) is 0 Å². The molecular weight excluding hydrogens is 236 g/mol. The Balaban J connectivity index is 1.91. The Morgan fingerprint density at radius 1 is 1.24 bits per heavy atom. The third-order valence-electron chi connectivity index (χ3n) is 3.95. The number of rotatable bonds is 3. The van der Waals surface area contributed by atoms with Gasteiger partial charge in [-0.3, -0.25) is 0 Å². The summed E-state index contributed by atoms with van der Waals surface area (Å²) in [4.78, 5) is 2.21. The molecule has 0 aromatic heterocycles. The molecule has 1 N–H and O–H groups in total. The van der Waals surface area contributed by atoms with Gasteiger partial charge in [-0.15, -0.1) is 0 Å². The summed E-state index contributed by atoms with van der Waals surface area (Å²) in [6.45, 7) is 2.77. The molecule has 2 rings (SSSR count). The van der Waals surface area contributed by atoms with E-state index in [0.29, 0.717) is 5.75 Å². The Morgan fingerprint density at radius 3 is 2.59 bits per heavy atom. The number of piperazine rings is 1. The van der Waals surface area contributed by atoms with Crippen LogP contribution in [0.4, 0.5) is 0 Å². The van der Waals surface area contributed by atoms with Gasteiger partial charge in [-0.05, 0) is 19.9 Å². The second kappa shape index (κ2) is 5.67. The number of nitrogens with zero attached hydrogens (tertiary/aromatic N) is 1. The molecule has 4 nitrogen and oxygen atoms in total. The molecule has 0 amide bonds. The van der Waals surface area contributed by atoms with E-state index < -0.39 is 9.84 Å². The van der Waals surface area contributed by atoms with E-state index in [1.165, 1.54) is 6.42 Å². The number of nitrogens with one attached hydrogen (secondary N) is 1. The largest absolute Gasteiger partial charge is 0.310 e. The Hall–Kier alpha value is -0.130. The molecule has 1 saturated heterocycles. The molecule has 0 bridgehead atoms. The molecule has 1 aliphatic heterocycles. The molecule has 100 valence electrons. The first-order chi connectivity index (χ1) is 8.08. The Bertz CT molecular complexity index is 336. The molecular formula is C12H24N2O2S. The van der Waals surface area contributed by atoms with Crippen LogP contribution in [0.25, 0.3) is 0 Å². The maximum atomic E-state index is 12.3. The van der Waals surface area contributed by atoms with E-state index in [1.807, 2.05) is 0 Å². The van der Waals surface area contributed by atoms with E-state index in [9.17, 15) is 8.42 Å². The van der Waals surface area contributed by atoms with Crippen molar-refractivity contribution in [3.8, 4) is 0 Å². The average Bonchev–Trinajstić information content (AvgIpc) is 2.29. The summed E-state index contributed by atoms with van der Waals surface area (Å²) in [6.07, 6.45) is 5.13. The highest BCUT2D eigenvalue weighted by atomic mass is 32.2. The van der Waals surface area contributed by atoms with Crippen LogP contribution in [0.1, 0.15) is 32.1 Å². The second-order valence-corrected chi connectivity index (χ2v) is 7.83. The van der Waals surface area contributed by atoms with Crippen molar-refractivity contribution < 1.29 is 8.42 Å². The predicted molar refractivity (Wildman–Crippen MR) is 69.9 cm³/mol. The lowest BCUT2D eigenvalue weighted by Gasteiger charge is -2.32. The Morgan fingerprint density at radius 2 is 1.94 bits per heavy atom. The second-order valence-electron chi connectivity index (χ2n) is 5.50. The fourth-order valence-electron chi connectivity index (χ4n) is 2.94. The number of hydrogen-bond acceptors (Lipinski definition) is 4. The van der Waals surface area contributed by atoms with Gasteiger partial charge in [0.15, 0.2) is 9.84 Å². The number of likely N-dealkylation sites (N-methyl/N-ethyl adjacent to an activating group) is 1. The van der Waals surface area contributed by atoms with Gasteiger partial charge >= 0.3 is 0 Å². The maximum Gasteiger partial charge on any atom is 0.154 e. The minimum atomic E-state index is -2.90. The lowest BCUT2D eigenvalue weighted by Crippen LogP contribution is -2.52. The summed E-state index contributed by atoms with van der Waals surface area (Å²) >= 11 is 0. The third kappa shape index (κ3) is 3.66. The van der Waals surface area contributed by atoms with Crippen LogP contribution in [0, 0.1) is 0 Å². The Kier molecular flexibility index (Phi) is 4.44. The SMILES string of the molecule is CN1CCNC(CS(=O)(=O)C2CCCCC2)C1. The highest BCUT2D eigenvalue weighted by molar-refractivity contribution is 7.92. The van der Waals surface area contributed by atoms with Crippen molar-refractivity contribution in [2.45, 2.75) is 43.4 Å². The van der Waals surface area contributed by atoms with Crippen LogP contribution in [-0.2, 0) is 9.84 Å². The van der Waals surface area contributed by atoms with Gasteiger partial charge in [0.05, 0.1) is 11.0 Å². The van der Waals surface area contributed by atoms with Gasteiger partial charge in [0.2, 0.25) is 0 Å². The van der Waals surface area contributed by atoms with Gasteiger partial charge in [0.1, 0.15) is 0 Å². The molecule has 0 spiro atoms. The summed E-state index contributed by atoms with van der Waals surface area (Å²) in [5, 5.41) is 3.26. The van der Waals surface area contributed by atoms with Crippen molar-refractivity contribution in [3.05, 3.63) is 0 Å².